The van der Waals surface area contributed by atoms with Crippen LogP contribution in [0.3, 0.4) is 0 Å². The Morgan fingerprint density at radius 2 is 1.59 bits per heavy atom. The first-order valence-corrected chi connectivity index (χ1v) is 9.87. The molecule has 1 aliphatic rings. The predicted octanol–water partition coefficient (Wildman–Crippen LogP) is 4.58. The summed E-state index contributed by atoms with van der Waals surface area (Å²) in [7, 11) is 0. The number of nitrogens with zero attached hydrogens (tertiary/aromatic N) is 3. The average Bonchev–Trinajstić information content (AvgIpc) is 2.76. The molecule has 4 rings (SSSR count). The van der Waals surface area contributed by atoms with E-state index in [2.05, 4.69) is 51.5 Å². The number of nitrogens with one attached hydrogen (secondary N) is 2. The zero-order valence-electron chi connectivity index (χ0n) is 16.7. The van der Waals surface area contributed by atoms with Gasteiger partial charge in [-0.2, -0.15) is 4.98 Å². The SMILES string of the molecule is CCN(CC)c1ccc(Nc2nccc(Nc3ccc4c(c3)OCCO4)n2)cc1. The van der Waals surface area contributed by atoms with Gasteiger partial charge in [-0.25, -0.2) is 4.98 Å². The molecule has 0 saturated carbocycles. The second kappa shape index (κ2) is 8.68. The van der Waals surface area contributed by atoms with Crippen molar-refractivity contribution in [2.75, 3.05) is 41.8 Å². The highest BCUT2D eigenvalue weighted by Crippen LogP contribution is 2.33. The topological polar surface area (TPSA) is 71.5 Å². The minimum atomic E-state index is 0.531. The number of rotatable bonds is 7. The molecule has 0 fully saturated rings. The molecular weight excluding hydrogens is 366 g/mol. The number of hydrogen-bond donors (Lipinski definition) is 2. The lowest BCUT2D eigenvalue weighted by atomic mass is 10.2. The summed E-state index contributed by atoms with van der Waals surface area (Å²) >= 11 is 0. The van der Waals surface area contributed by atoms with E-state index in [1.807, 2.05) is 36.4 Å². The summed E-state index contributed by atoms with van der Waals surface area (Å²) in [6, 6.07) is 15.9. The minimum absolute atomic E-state index is 0.531. The van der Waals surface area contributed by atoms with E-state index in [0.717, 1.165) is 36.0 Å². The molecule has 0 atom stereocenters. The molecule has 3 aromatic rings. The van der Waals surface area contributed by atoms with Crippen LogP contribution in [-0.2, 0) is 0 Å². The number of hydrogen-bond acceptors (Lipinski definition) is 7. The van der Waals surface area contributed by atoms with Gasteiger partial charge < -0.3 is 25.0 Å². The number of anilines is 5. The highest BCUT2D eigenvalue weighted by molar-refractivity contribution is 5.64. The van der Waals surface area contributed by atoms with Gasteiger partial charge in [-0.3, -0.25) is 0 Å². The first-order valence-electron chi connectivity index (χ1n) is 9.87. The molecule has 0 unspecified atom stereocenters. The second-order valence-corrected chi connectivity index (χ2v) is 6.59. The van der Waals surface area contributed by atoms with Crippen LogP contribution in [0.25, 0.3) is 0 Å². The van der Waals surface area contributed by atoms with Crippen molar-refractivity contribution < 1.29 is 9.47 Å². The summed E-state index contributed by atoms with van der Waals surface area (Å²) < 4.78 is 11.2. The molecular formula is C22H25N5O2. The maximum atomic E-state index is 5.63. The first kappa shape index (κ1) is 18.9. The van der Waals surface area contributed by atoms with Gasteiger partial charge in [0, 0.05) is 42.4 Å². The van der Waals surface area contributed by atoms with Crippen LogP contribution in [0.2, 0.25) is 0 Å². The third kappa shape index (κ3) is 4.51. The van der Waals surface area contributed by atoms with Crippen LogP contribution in [0.4, 0.5) is 28.8 Å². The smallest absolute Gasteiger partial charge is 0.229 e. The molecule has 1 aliphatic heterocycles. The van der Waals surface area contributed by atoms with E-state index in [0.29, 0.717) is 25.0 Å². The monoisotopic (exact) mass is 391 g/mol. The van der Waals surface area contributed by atoms with Gasteiger partial charge in [-0.1, -0.05) is 0 Å². The van der Waals surface area contributed by atoms with Crippen molar-refractivity contribution in [3.8, 4) is 11.5 Å². The molecule has 7 heteroatoms. The normalized spacial score (nSPS) is 12.3. The molecule has 29 heavy (non-hydrogen) atoms. The Hall–Kier alpha value is -3.48. The van der Waals surface area contributed by atoms with Crippen molar-refractivity contribution in [3.05, 3.63) is 54.7 Å². The Balaban J connectivity index is 1.45. The van der Waals surface area contributed by atoms with E-state index in [1.165, 1.54) is 5.69 Å². The molecule has 1 aromatic heterocycles. The third-order valence-corrected chi connectivity index (χ3v) is 4.72. The first-order chi connectivity index (χ1) is 14.2. The van der Waals surface area contributed by atoms with Gasteiger partial charge in [0.1, 0.15) is 19.0 Å². The number of ether oxygens (including phenoxy) is 2. The fourth-order valence-corrected chi connectivity index (χ4v) is 3.23. The summed E-state index contributed by atoms with van der Waals surface area (Å²) in [4.78, 5) is 11.2. The van der Waals surface area contributed by atoms with Gasteiger partial charge in [0.2, 0.25) is 5.95 Å². The van der Waals surface area contributed by atoms with Gasteiger partial charge >= 0.3 is 0 Å². The summed E-state index contributed by atoms with van der Waals surface area (Å²) in [5.41, 5.74) is 3.02. The minimum Gasteiger partial charge on any atom is -0.486 e. The Morgan fingerprint density at radius 3 is 2.34 bits per heavy atom. The van der Waals surface area contributed by atoms with Crippen molar-refractivity contribution >= 4 is 28.8 Å². The zero-order chi connectivity index (χ0) is 20.1. The van der Waals surface area contributed by atoms with E-state index in [1.54, 1.807) is 6.20 Å². The van der Waals surface area contributed by atoms with Crippen LogP contribution in [0.1, 0.15) is 13.8 Å². The Kier molecular flexibility index (Phi) is 5.65. The van der Waals surface area contributed by atoms with E-state index in [9.17, 15) is 0 Å². The largest absolute Gasteiger partial charge is 0.486 e. The highest BCUT2D eigenvalue weighted by Gasteiger charge is 2.12. The van der Waals surface area contributed by atoms with E-state index < -0.39 is 0 Å². The fourth-order valence-electron chi connectivity index (χ4n) is 3.23. The lowest BCUT2D eigenvalue weighted by Gasteiger charge is -2.21. The molecule has 0 spiro atoms. The molecule has 2 heterocycles. The van der Waals surface area contributed by atoms with Crippen LogP contribution in [0.5, 0.6) is 11.5 Å². The highest BCUT2D eigenvalue weighted by atomic mass is 16.6. The van der Waals surface area contributed by atoms with Gasteiger partial charge in [-0.15, -0.1) is 0 Å². The molecule has 0 saturated heterocycles. The van der Waals surface area contributed by atoms with Crippen molar-refractivity contribution in [1.29, 1.82) is 0 Å². The van der Waals surface area contributed by atoms with Gasteiger partial charge in [-0.05, 0) is 56.3 Å². The summed E-state index contributed by atoms with van der Waals surface area (Å²) in [6.07, 6.45) is 1.72. The van der Waals surface area contributed by atoms with Crippen molar-refractivity contribution in [2.24, 2.45) is 0 Å². The summed E-state index contributed by atoms with van der Waals surface area (Å²) in [5.74, 6) is 2.73. The van der Waals surface area contributed by atoms with Crippen LogP contribution in [-0.4, -0.2) is 36.3 Å². The predicted molar refractivity (Wildman–Crippen MR) is 116 cm³/mol. The Morgan fingerprint density at radius 1 is 0.862 bits per heavy atom. The zero-order valence-corrected chi connectivity index (χ0v) is 16.7. The van der Waals surface area contributed by atoms with Gasteiger partial charge in [0.05, 0.1) is 0 Å². The molecule has 0 bridgehead atoms. The number of aromatic nitrogens is 2. The van der Waals surface area contributed by atoms with E-state index in [4.69, 9.17) is 9.47 Å². The molecule has 2 N–H and O–H groups in total. The van der Waals surface area contributed by atoms with Crippen LogP contribution < -0.4 is 25.0 Å². The summed E-state index contributed by atoms with van der Waals surface area (Å²) in [6.45, 7) is 7.43. The fraction of sp³-hybridized carbons (Fsp3) is 0.273. The lowest BCUT2D eigenvalue weighted by molar-refractivity contribution is 0.171. The second-order valence-electron chi connectivity index (χ2n) is 6.59. The Labute approximate surface area is 170 Å². The van der Waals surface area contributed by atoms with Crippen molar-refractivity contribution in [1.82, 2.24) is 9.97 Å². The number of fused-ring (bicyclic) bond motifs is 1. The quantitative estimate of drug-likeness (QED) is 0.611. The van der Waals surface area contributed by atoms with Crippen LogP contribution >= 0.6 is 0 Å². The van der Waals surface area contributed by atoms with Crippen molar-refractivity contribution in [2.45, 2.75) is 13.8 Å². The van der Waals surface area contributed by atoms with Gasteiger partial charge in [0.15, 0.2) is 11.5 Å². The lowest BCUT2D eigenvalue weighted by Crippen LogP contribution is -2.21. The summed E-state index contributed by atoms with van der Waals surface area (Å²) in [5, 5.41) is 6.54. The van der Waals surface area contributed by atoms with Gasteiger partial charge in [0.25, 0.3) is 0 Å². The van der Waals surface area contributed by atoms with Crippen LogP contribution in [0.15, 0.2) is 54.7 Å². The third-order valence-electron chi connectivity index (χ3n) is 4.72. The Bertz CT molecular complexity index is 958. The molecule has 7 nitrogen and oxygen atoms in total. The maximum Gasteiger partial charge on any atom is 0.229 e. The average molecular weight is 391 g/mol. The maximum absolute atomic E-state index is 5.63. The molecule has 150 valence electrons. The molecule has 0 radical (unpaired) electrons. The molecule has 2 aromatic carbocycles. The van der Waals surface area contributed by atoms with Crippen LogP contribution in [0, 0.1) is 0 Å². The van der Waals surface area contributed by atoms with E-state index in [-0.39, 0.29) is 0 Å². The standard InChI is InChI=1S/C22H25N5O2/c1-3-27(4-2)18-8-5-16(6-9-18)25-22-23-12-11-21(26-22)24-17-7-10-19-20(15-17)29-14-13-28-19/h5-12,15H,3-4,13-14H2,1-2H3,(H2,23,24,25,26). The van der Waals surface area contributed by atoms with E-state index >= 15 is 0 Å². The van der Waals surface area contributed by atoms with Crippen molar-refractivity contribution in [3.63, 3.8) is 0 Å². The molecule has 0 aliphatic carbocycles. The molecule has 0 amide bonds. The number of benzene rings is 2.